The molecular weight excluding hydrogens is 204 g/mol. The van der Waals surface area contributed by atoms with Gasteiger partial charge in [0.25, 0.3) is 0 Å². The number of hydrogen-bond donors (Lipinski definition) is 1. The van der Waals surface area contributed by atoms with Gasteiger partial charge in [-0.2, -0.15) is 0 Å². The zero-order valence-electron chi connectivity index (χ0n) is 10.2. The van der Waals surface area contributed by atoms with Crippen molar-refractivity contribution in [3.63, 3.8) is 0 Å². The van der Waals surface area contributed by atoms with Crippen LogP contribution < -0.4 is 9.64 Å². The molecule has 0 radical (unpaired) electrons. The topological polar surface area (TPSA) is 45.6 Å². The second kappa shape index (κ2) is 6.33. The van der Waals surface area contributed by atoms with E-state index in [9.17, 15) is 5.11 Å². The Bertz CT molecular complexity index is 316. The molecule has 0 aromatic carbocycles. The van der Waals surface area contributed by atoms with Crippen LogP contribution in [0.2, 0.25) is 0 Å². The smallest absolute Gasteiger partial charge is 0.171 e. The van der Waals surface area contributed by atoms with Gasteiger partial charge in [-0.3, -0.25) is 0 Å². The highest BCUT2D eigenvalue weighted by Crippen LogP contribution is 2.24. The molecule has 0 bridgehead atoms. The van der Waals surface area contributed by atoms with Crippen molar-refractivity contribution >= 4 is 5.82 Å². The molecule has 1 atom stereocenters. The number of nitrogens with zero attached hydrogens (tertiary/aromatic N) is 2. The molecule has 0 spiro atoms. The molecule has 90 valence electrons. The molecule has 0 amide bonds. The average molecular weight is 224 g/mol. The molecule has 0 fully saturated rings. The van der Waals surface area contributed by atoms with Gasteiger partial charge in [0.05, 0.1) is 12.7 Å². The molecule has 1 aromatic rings. The van der Waals surface area contributed by atoms with E-state index in [4.69, 9.17) is 4.74 Å². The van der Waals surface area contributed by atoms with E-state index in [-0.39, 0.29) is 6.10 Å². The first-order valence-electron chi connectivity index (χ1n) is 5.62. The van der Waals surface area contributed by atoms with E-state index in [1.807, 2.05) is 31.0 Å². The van der Waals surface area contributed by atoms with Crippen molar-refractivity contribution in [2.75, 3.05) is 25.1 Å². The number of anilines is 1. The highest BCUT2D eigenvalue weighted by molar-refractivity contribution is 5.51. The fourth-order valence-electron chi connectivity index (χ4n) is 1.42. The lowest BCUT2D eigenvalue weighted by molar-refractivity contribution is 0.186. The number of pyridine rings is 1. The third-order valence-corrected chi connectivity index (χ3v) is 2.29. The maximum atomic E-state index is 9.24. The molecule has 4 heteroatoms. The van der Waals surface area contributed by atoms with Gasteiger partial charge in [-0.05, 0) is 32.4 Å². The normalized spacial score (nSPS) is 12.2. The summed E-state index contributed by atoms with van der Waals surface area (Å²) in [7, 11) is 1.95. The molecule has 0 saturated carbocycles. The highest BCUT2D eigenvalue weighted by atomic mass is 16.5. The van der Waals surface area contributed by atoms with E-state index < -0.39 is 0 Å². The van der Waals surface area contributed by atoms with Gasteiger partial charge < -0.3 is 14.7 Å². The molecular formula is C12H20N2O2. The minimum absolute atomic E-state index is 0.290. The molecule has 1 heterocycles. The second-order valence-corrected chi connectivity index (χ2v) is 3.82. The van der Waals surface area contributed by atoms with Crippen molar-refractivity contribution in [1.82, 2.24) is 4.98 Å². The fraction of sp³-hybridized carbons (Fsp3) is 0.583. The first-order valence-corrected chi connectivity index (χ1v) is 5.62. The molecule has 1 aromatic heterocycles. The number of aliphatic hydroxyl groups excluding tert-OH is 1. The Morgan fingerprint density at radius 2 is 2.31 bits per heavy atom. The van der Waals surface area contributed by atoms with Crippen molar-refractivity contribution in [2.24, 2.45) is 0 Å². The first kappa shape index (κ1) is 12.8. The van der Waals surface area contributed by atoms with Crippen LogP contribution in [0, 0.1) is 0 Å². The SMILES string of the molecule is CCOc1cccnc1N(C)CCC(C)O. The zero-order valence-corrected chi connectivity index (χ0v) is 10.2. The van der Waals surface area contributed by atoms with Crippen LogP contribution in [0.3, 0.4) is 0 Å². The Kier molecular flexibility index (Phi) is 5.05. The van der Waals surface area contributed by atoms with Crippen LogP contribution in [0.15, 0.2) is 18.3 Å². The van der Waals surface area contributed by atoms with Crippen LogP contribution >= 0.6 is 0 Å². The van der Waals surface area contributed by atoms with Gasteiger partial charge in [0.15, 0.2) is 11.6 Å². The maximum absolute atomic E-state index is 9.24. The number of aliphatic hydroxyl groups is 1. The molecule has 1 rings (SSSR count). The predicted molar refractivity (Wildman–Crippen MR) is 65.0 cm³/mol. The Morgan fingerprint density at radius 3 is 2.94 bits per heavy atom. The number of hydrogen-bond acceptors (Lipinski definition) is 4. The Balaban J connectivity index is 2.69. The van der Waals surface area contributed by atoms with E-state index in [2.05, 4.69) is 4.98 Å². The Labute approximate surface area is 96.9 Å². The Hall–Kier alpha value is -1.29. The van der Waals surface area contributed by atoms with Crippen LogP contribution in [0.1, 0.15) is 20.3 Å². The quantitative estimate of drug-likeness (QED) is 0.798. The summed E-state index contributed by atoms with van der Waals surface area (Å²) in [5.41, 5.74) is 0. The molecule has 16 heavy (non-hydrogen) atoms. The van der Waals surface area contributed by atoms with Gasteiger partial charge in [-0.15, -0.1) is 0 Å². The summed E-state index contributed by atoms with van der Waals surface area (Å²) < 4.78 is 5.50. The van der Waals surface area contributed by atoms with Gasteiger partial charge in [0, 0.05) is 19.8 Å². The van der Waals surface area contributed by atoms with Crippen LogP contribution in [0.5, 0.6) is 5.75 Å². The fourth-order valence-corrected chi connectivity index (χ4v) is 1.42. The Morgan fingerprint density at radius 1 is 1.56 bits per heavy atom. The van der Waals surface area contributed by atoms with Gasteiger partial charge in [0.1, 0.15) is 0 Å². The van der Waals surface area contributed by atoms with Crippen molar-refractivity contribution in [3.05, 3.63) is 18.3 Å². The van der Waals surface area contributed by atoms with Crippen LogP contribution in [-0.2, 0) is 0 Å². The lowest BCUT2D eigenvalue weighted by atomic mass is 10.2. The highest BCUT2D eigenvalue weighted by Gasteiger charge is 2.09. The average Bonchev–Trinajstić information content (AvgIpc) is 2.27. The van der Waals surface area contributed by atoms with Crippen molar-refractivity contribution < 1.29 is 9.84 Å². The standard InChI is InChI=1S/C12H20N2O2/c1-4-16-11-6-5-8-13-12(11)14(3)9-7-10(2)15/h5-6,8,10,15H,4,7,9H2,1-3H3. The predicted octanol–water partition coefficient (Wildman–Crippen LogP) is 1.69. The van der Waals surface area contributed by atoms with Crippen molar-refractivity contribution in [3.8, 4) is 5.75 Å². The van der Waals surface area contributed by atoms with Crippen molar-refractivity contribution in [2.45, 2.75) is 26.4 Å². The molecule has 0 aliphatic carbocycles. The second-order valence-electron chi connectivity index (χ2n) is 3.82. The van der Waals surface area contributed by atoms with E-state index in [1.165, 1.54) is 0 Å². The van der Waals surface area contributed by atoms with Crippen LogP contribution in [0.4, 0.5) is 5.82 Å². The summed E-state index contributed by atoms with van der Waals surface area (Å²) in [5.74, 6) is 1.61. The van der Waals surface area contributed by atoms with Gasteiger partial charge in [0.2, 0.25) is 0 Å². The molecule has 4 nitrogen and oxygen atoms in total. The number of ether oxygens (including phenoxy) is 1. The largest absolute Gasteiger partial charge is 0.490 e. The summed E-state index contributed by atoms with van der Waals surface area (Å²) in [6, 6.07) is 3.77. The van der Waals surface area contributed by atoms with E-state index >= 15 is 0 Å². The minimum atomic E-state index is -0.290. The molecule has 1 unspecified atom stereocenters. The molecule has 0 aliphatic heterocycles. The lowest BCUT2D eigenvalue weighted by Gasteiger charge is -2.21. The summed E-state index contributed by atoms with van der Waals surface area (Å²) >= 11 is 0. The molecule has 0 aliphatic rings. The first-order chi connectivity index (χ1) is 7.65. The van der Waals surface area contributed by atoms with Gasteiger partial charge in [-0.25, -0.2) is 4.98 Å². The van der Waals surface area contributed by atoms with Gasteiger partial charge in [-0.1, -0.05) is 0 Å². The summed E-state index contributed by atoms with van der Waals surface area (Å²) in [6.07, 6.45) is 2.18. The maximum Gasteiger partial charge on any atom is 0.171 e. The molecule has 1 N–H and O–H groups in total. The monoisotopic (exact) mass is 224 g/mol. The summed E-state index contributed by atoms with van der Waals surface area (Å²) in [6.45, 7) is 5.12. The van der Waals surface area contributed by atoms with E-state index in [1.54, 1.807) is 13.1 Å². The minimum Gasteiger partial charge on any atom is -0.490 e. The zero-order chi connectivity index (χ0) is 12.0. The van der Waals surface area contributed by atoms with E-state index in [0.29, 0.717) is 6.61 Å². The number of rotatable bonds is 6. The van der Waals surface area contributed by atoms with Crippen molar-refractivity contribution in [1.29, 1.82) is 0 Å². The van der Waals surface area contributed by atoms with Gasteiger partial charge >= 0.3 is 0 Å². The van der Waals surface area contributed by atoms with E-state index in [0.717, 1.165) is 24.5 Å². The lowest BCUT2D eigenvalue weighted by Crippen LogP contribution is -2.23. The van der Waals surface area contributed by atoms with Crippen LogP contribution in [-0.4, -0.2) is 36.4 Å². The van der Waals surface area contributed by atoms with Crippen LogP contribution in [0.25, 0.3) is 0 Å². The summed E-state index contributed by atoms with van der Waals surface area (Å²) in [5, 5.41) is 9.24. The third kappa shape index (κ3) is 3.70. The third-order valence-electron chi connectivity index (χ3n) is 2.29. The summed E-state index contributed by atoms with van der Waals surface area (Å²) in [4.78, 5) is 6.29. The number of aromatic nitrogens is 1. The molecule has 0 saturated heterocycles.